The first kappa shape index (κ1) is 22.0. The van der Waals surface area contributed by atoms with Crippen LogP contribution in [0.15, 0.2) is 36.5 Å². The third-order valence-corrected chi connectivity index (χ3v) is 4.10. The van der Waals surface area contributed by atoms with Crippen molar-refractivity contribution in [2.45, 2.75) is 13.5 Å². The van der Waals surface area contributed by atoms with Gasteiger partial charge in [0, 0.05) is 37.1 Å². The van der Waals surface area contributed by atoms with Crippen molar-refractivity contribution in [1.29, 1.82) is 0 Å². The molecule has 1 aromatic heterocycles. The highest BCUT2D eigenvalue weighted by atomic mass is 35.5. The molecule has 0 unspecified atom stereocenters. The van der Waals surface area contributed by atoms with Crippen LogP contribution in [0.2, 0.25) is 0 Å². The first-order valence-corrected chi connectivity index (χ1v) is 8.05. The van der Waals surface area contributed by atoms with E-state index in [-0.39, 0.29) is 30.7 Å². The molecule has 1 amide bonds. The molecule has 3 rings (SSSR count). The summed E-state index contributed by atoms with van der Waals surface area (Å²) in [6.45, 7) is 5.47. The van der Waals surface area contributed by atoms with E-state index in [0.29, 0.717) is 17.8 Å². The number of hydrogen-bond donors (Lipinski definition) is 2. The van der Waals surface area contributed by atoms with Gasteiger partial charge >= 0.3 is 0 Å². The summed E-state index contributed by atoms with van der Waals surface area (Å²) in [6, 6.07) is 9.28. The Morgan fingerprint density at radius 3 is 2.69 bits per heavy atom. The van der Waals surface area contributed by atoms with Crippen molar-refractivity contribution < 1.29 is 9.53 Å². The lowest BCUT2D eigenvalue weighted by molar-refractivity contribution is 0.0950. The summed E-state index contributed by atoms with van der Waals surface area (Å²) in [5.41, 5.74) is 8.89. The van der Waals surface area contributed by atoms with E-state index in [9.17, 15) is 4.79 Å². The SMILES string of the molecule is Cc1ccc(N)cc1C(=O)NCc1ccnc(N2CCOCC2)c1.Cl.Cl. The highest BCUT2D eigenvalue weighted by molar-refractivity contribution is 5.96. The number of nitrogen functional groups attached to an aromatic ring is 1. The van der Waals surface area contributed by atoms with Gasteiger partial charge in [-0.05, 0) is 42.3 Å². The number of morpholine rings is 1. The summed E-state index contributed by atoms with van der Waals surface area (Å²) in [6.07, 6.45) is 1.78. The zero-order valence-electron chi connectivity index (χ0n) is 14.6. The molecule has 0 bridgehead atoms. The van der Waals surface area contributed by atoms with Crippen molar-refractivity contribution in [1.82, 2.24) is 10.3 Å². The minimum Gasteiger partial charge on any atom is -0.399 e. The van der Waals surface area contributed by atoms with Crippen LogP contribution >= 0.6 is 24.8 Å². The second kappa shape index (κ2) is 10.2. The summed E-state index contributed by atoms with van der Waals surface area (Å²) in [7, 11) is 0. The number of amides is 1. The van der Waals surface area contributed by atoms with Gasteiger partial charge in [-0.25, -0.2) is 4.98 Å². The number of pyridine rings is 1. The Morgan fingerprint density at radius 2 is 1.96 bits per heavy atom. The maximum Gasteiger partial charge on any atom is 0.251 e. The van der Waals surface area contributed by atoms with Gasteiger partial charge < -0.3 is 20.7 Å². The zero-order chi connectivity index (χ0) is 16.9. The van der Waals surface area contributed by atoms with Crippen LogP contribution in [0.4, 0.5) is 11.5 Å². The van der Waals surface area contributed by atoms with Gasteiger partial charge in [0.1, 0.15) is 5.82 Å². The molecule has 0 radical (unpaired) electrons. The van der Waals surface area contributed by atoms with Crippen LogP contribution in [0.3, 0.4) is 0 Å². The van der Waals surface area contributed by atoms with Crippen LogP contribution in [0.25, 0.3) is 0 Å². The lowest BCUT2D eigenvalue weighted by Crippen LogP contribution is -2.36. The van der Waals surface area contributed by atoms with Crippen LogP contribution in [-0.4, -0.2) is 37.2 Å². The maximum absolute atomic E-state index is 12.4. The molecule has 1 aliphatic rings. The third kappa shape index (κ3) is 5.49. The van der Waals surface area contributed by atoms with Crippen LogP contribution in [0.5, 0.6) is 0 Å². The minimum absolute atomic E-state index is 0. The second-order valence-corrected chi connectivity index (χ2v) is 5.88. The van der Waals surface area contributed by atoms with Crippen molar-refractivity contribution >= 4 is 42.2 Å². The number of nitrogens with two attached hydrogens (primary N) is 1. The van der Waals surface area contributed by atoms with Crippen LogP contribution in [0, 0.1) is 6.92 Å². The largest absolute Gasteiger partial charge is 0.399 e. The van der Waals surface area contributed by atoms with Crippen molar-refractivity contribution in [3.05, 3.63) is 53.2 Å². The molecule has 1 aromatic carbocycles. The number of benzene rings is 1. The number of carbonyl (C=O) groups is 1. The lowest BCUT2D eigenvalue weighted by Gasteiger charge is -2.28. The van der Waals surface area contributed by atoms with E-state index < -0.39 is 0 Å². The molecule has 0 spiro atoms. The normalized spacial score (nSPS) is 13.3. The van der Waals surface area contributed by atoms with E-state index in [0.717, 1.165) is 43.2 Å². The predicted octanol–water partition coefficient (Wildman–Crippen LogP) is 2.58. The van der Waals surface area contributed by atoms with E-state index in [1.54, 1.807) is 18.3 Å². The van der Waals surface area contributed by atoms with E-state index >= 15 is 0 Å². The van der Waals surface area contributed by atoms with E-state index in [4.69, 9.17) is 10.5 Å². The van der Waals surface area contributed by atoms with Gasteiger partial charge in [0.25, 0.3) is 5.91 Å². The second-order valence-electron chi connectivity index (χ2n) is 5.88. The van der Waals surface area contributed by atoms with E-state index in [1.165, 1.54) is 0 Å². The Morgan fingerprint density at radius 1 is 1.23 bits per heavy atom. The fourth-order valence-corrected chi connectivity index (χ4v) is 2.70. The molecular weight excluding hydrogens is 375 g/mol. The summed E-state index contributed by atoms with van der Waals surface area (Å²) < 4.78 is 5.36. The number of anilines is 2. The van der Waals surface area contributed by atoms with E-state index in [2.05, 4.69) is 15.2 Å². The molecule has 0 saturated carbocycles. The Kier molecular flexibility index (Phi) is 8.65. The van der Waals surface area contributed by atoms with Gasteiger partial charge in [0.15, 0.2) is 0 Å². The summed E-state index contributed by atoms with van der Waals surface area (Å²) in [5.74, 6) is 0.801. The highest BCUT2D eigenvalue weighted by Gasteiger charge is 2.13. The average molecular weight is 399 g/mol. The molecule has 8 heteroatoms. The maximum atomic E-state index is 12.4. The fourth-order valence-electron chi connectivity index (χ4n) is 2.70. The number of nitrogens with zero attached hydrogens (tertiary/aromatic N) is 2. The number of hydrogen-bond acceptors (Lipinski definition) is 5. The highest BCUT2D eigenvalue weighted by Crippen LogP contribution is 2.15. The molecule has 142 valence electrons. The number of aromatic nitrogens is 1. The Labute approximate surface area is 165 Å². The van der Waals surface area contributed by atoms with Crippen molar-refractivity contribution in [2.75, 3.05) is 36.9 Å². The molecule has 26 heavy (non-hydrogen) atoms. The quantitative estimate of drug-likeness (QED) is 0.773. The smallest absolute Gasteiger partial charge is 0.251 e. The summed E-state index contributed by atoms with van der Waals surface area (Å²) in [5, 5.41) is 2.95. The molecule has 6 nitrogen and oxygen atoms in total. The van der Waals surface area contributed by atoms with Gasteiger partial charge in [-0.3, -0.25) is 4.79 Å². The van der Waals surface area contributed by atoms with Gasteiger partial charge in [-0.15, -0.1) is 24.8 Å². The van der Waals surface area contributed by atoms with Crippen molar-refractivity contribution in [2.24, 2.45) is 0 Å². The molecule has 2 aromatic rings. The molecule has 0 aliphatic carbocycles. The van der Waals surface area contributed by atoms with Crippen LogP contribution in [0.1, 0.15) is 21.5 Å². The van der Waals surface area contributed by atoms with Gasteiger partial charge in [0.05, 0.1) is 13.2 Å². The zero-order valence-corrected chi connectivity index (χ0v) is 16.2. The molecular formula is C18H24Cl2N4O2. The standard InChI is InChI=1S/C18H22N4O2.2ClH/c1-13-2-3-15(19)11-16(13)18(23)21-12-14-4-5-20-17(10-14)22-6-8-24-9-7-22;;/h2-5,10-11H,6-9,12,19H2,1H3,(H,21,23);2*1H. The molecule has 1 saturated heterocycles. The topological polar surface area (TPSA) is 80.5 Å². The van der Waals surface area contributed by atoms with Gasteiger partial charge in [-0.2, -0.15) is 0 Å². The monoisotopic (exact) mass is 398 g/mol. The number of halogens is 2. The number of aryl methyl sites for hydroxylation is 1. The number of rotatable bonds is 4. The van der Waals surface area contributed by atoms with Crippen LogP contribution in [-0.2, 0) is 11.3 Å². The summed E-state index contributed by atoms with van der Waals surface area (Å²) in [4.78, 5) is 19.0. The Hall–Kier alpha value is -2.02. The van der Waals surface area contributed by atoms with Gasteiger partial charge in [0.2, 0.25) is 0 Å². The van der Waals surface area contributed by atoms with Crippen LogP contribution < -0.4 is 16.0 Å². The number of ether oxygens (including phenoxy) is 1. The molecule has 2 heterocycles. The van der Waals surface area contributed by atoms with Crippen molar-refractivity contribution in [3.8, 4) is 0 Å². The predicted molar refractivity (Wildman–Crippen MR) is 109 cm³/mol. The third-order valence-electron chi connectivity index (χ3n) is 4.10. The minimum atomic E-state index is -0.121. The fraction of sp³-hybridized carbons (Fsp3) is 0.333. The summed E-state index contributed by atoms with van der Waals surface area (Å²) >= 11 is 0. The first-order chi connectivity index (χ1) is 11.6. The lowest BCUT2D eigenvalue weighted by atomic mass is 10.1. The molecule has 3 N–H and O–H groups in total. The first-order valence-electron chi connectivity index (χ1n) is 8.05. The molecule has 1 fully saturated rings. The van der Waals surface area contributed by atoms with Crippen molar-refractivity contribution in [3.63, 3.8) is 0 Å². The van der Waals surface area contributed by atoms with Gasteiger partial charge in [-0.1, -0.05) is 6.07 Å². The average Bonchev–Trinajstić information content (AvgIpc) is 2.63. The molecule has 1 aliphatic heterocycles. The number of nitrogens with one attached hydrogen (secondary N) is 1. The van der Waals surface area contributed by atoms with E-state index in [1.807, 2.05) is 25.1 Å². The Balaban J connectivity index is 0.00000169. The number of carbonyl (C=O) groups excluding carboxylic acids is 1. The molecule has 0 atom stereocenters. The Bertz CT molecular complexity index is 737.